The summed E-state index contributed by atoms with van der Waals surface area (Å²) in [6, 6.07) is 13.4. The molecular weight excluding hydrogens is 294 g/mol. The van der Waals surface area contributed by atoms with Crippen molar-refractivity contribution in [1.82, 2.24) is 0 Å². The van der Waals surface area contributed by atoms with Crippen LogP contribution >= 0.6 is 0 Å². The minimum atomic E-state index is -0.251. The normalized spacial score (nSPS) is 12.5. The Kier molecular flexibility index (Phi) is 4.37. The average Bonchev–Trinajstić information content (AvgIpc) is 2.71. The lowest BCUT2D eigenvalue weighted by molar-refractivity contribution is -0.141. The zero-order chi connectivity index (χ0) is 16.2. The summed E-state index contributed by atoms with van der Waals surface area (Å²) >= 11 is 0. The van der Waals surface area contributed by atoms with Crippen LogP contribution in [0, 0.1) is 0 Å². The molecule has 0 N–H and O–H groups in total. The van der Waals surface area contributed by atoms with Crippen LogP contribution in [-0.2, 0) is 16.1 Å². The van der Waals surface area contributed by atoms with E-state index < -0.39 is 0 Å². The molecule has 120 valence electrons. The quantitative estimate of drug-likeness (QED) is 0.810. The highest BCUT2D eigenvalue weighted by atomic mass is 16.5. The third-order valence-corrected chi connectivity index (χ3v) is 3.69. The van der Waals surface area contributed by atoms with Crippen molar-refractivity contribution in [2.24, 2.45) is 0 Å². The van der Waals surface area contributed by atoms with Crippen molar-refractivity contribution in [2.45, 2.75) is 13.5 Å². The summed E-state index contributed by atoms with van der Waals surface area (Å²) in [5.41, 5.74) is 1.86. The molecule has 0 unspecified atom stereocenters. The van der Waals surface area contributed by atoms with Gasteiger partial charge in [-0.15, -0.1) is 0 Å². The molecule has 0 saturated heterocycles. The van der Waals surface area contributed by atoms with E-state index in [0.717, 1.165) is 22.7 Å². The molecule has 2 aromatic carbocycles. The number of methoxy groups -OCH3 is 1. The molecule has 5 heteroatoms. The van der Waals surface area contributed by atoms with Gasteiger partial charge < -0.3 is 19.1 Å². The number of hydrogen-bond acceptors (Lipinski definition) is 5. The van der Waals surface area contributed by atoms with E-state index >= 15 is 0 Å². The van der Waals surface area contributed by atoms with Crippen molar-refractivity contribution < 1.29 is 19.0 Å². The molecule has 3 rings (SSSR count). The second kappa shape index (κ2) is 6.60. The molecular formula is C18H19NO4. The monoisotopic (exact) mass is 313 g/mol. The molecule has 0 spiro atoms. The van der Waals surface area contributed by atoms with Crippen LogP contribution in [0.5, 0.6) is 17.2 Å². The van der Waals surface area contributed by atoms with Crippen molar-refractivity contribution >= 4 is 11.7 Å². The highest BCUT2D eigenvalue weighted by Gasteiger charge is 2.23. The number of anilines is 1. The SMILES string of the molecule is CCOC(=O)CN1Cc2ccc(OC)cc2Oc2ccccc21. The average molecular weight is 313 g/mol. The number of benzene rings is 2. The second-order valence-corrected chi connectivity index (χ2v) is 5.20. The van der Waals surface area contributed by atoms with E-state index in [1.165, 1.54) is 0 Å². The molecule has 0 atom stereocenters. The summed E-state index contributed by atoms with van der Waals surface area (Å²) in [5, 5.41) is 0. The van der Waals surface area contributed by atoms with Crippen LogP contribution in [0.25, 0.3) is 0 Å². The van der Waals surface area contributed by atoms with Crippen LogP contribution in [0.4, 0.5) is 5.69 Å². The number of rotatable bonds is 4. The molecule has 23 heavy (non-hydrogen) atoms. The molecule has 0 aromatic heterocycles. The van der Waals surface area contributed by atoms with Gasteiger partial charge >= 0.3 is 5.97 Å². The van der Waals surface area contributed by atoms with Crippen LogP contribution in [0.1, 0.15) is 12.5 Å². The Hall–Kier alpha value is -2.69. The van der Waals surface area contributed by atoms with Crippen molar-refractivity contribution in [3.05, 3.63) is 48.0 Å². The molecule has 0 amide bonds. The fourth-order valence-electron chi connectivity index (χ4n) is 2.60. The number of esters is 1. The molecule has 5 nitrogen and oxygen atoms in total. The minimum Gasteiger partial charge on any atom is -0.497 e. The number of hydrogen-bond donors (Lipinski definition) is 0. The van der Waals surface area contributed by atoms with Crippen LogP contribution < -0.4 is 14.4 Å². The van der Waals surface area contributed by atoms with Crippen molar-refractivity contribution in [3.63, 3.8) is 0 Å². The van der Waals surface area contributed by atoms with E-state index in [-0.39, 0.29) is 12.5 Å². The van der Waals surface area contributed by atoms with Gasteiger partial charge in [0.05, 0.1) is 19.4 Å². The number of para-hydroxylation sites is 2. The predicted octanol–water partition coefficient (Wildman–Crippen LogP) is 3.37. The number of carbonyl (C=O) groups excluding carboxylic acids is 1. The summed E-state index contributed by atoms with van der Waals surface area (Å²) in [6.07, 6.45) is 0. The molecule has 0 radical (unpaired) electrons. The molecule has 1 heterocycles. The summed E-state index contributed by atoms with van der Waals surface area (Å²) in [5.74, 6) is 1.94. The van der Waals surface area contributed by atoms with E-state index in [1.807, 2.05) is 47.4 Å². The highest BCUT2D eigenvalue weighted by Crippen LogP contribution is 2.39. The summed E-state index contributed by atoms with van der Waals surface area (Å²) in [4.78, 5) is 13.9. The number of fused-ring (bicyclic) bond motifs is 2. The molecule has 0 aliphatic carbocycles. The zero-order valence-corrected chi connectivity index (χ0v) is 13.2. The standard InChI is InChI=1S/C18H19NO4/c1-3-22-18(20)12-19-11-13-8-9-14(21-2)10-17(13)23-16-7-5-4-6-15(16)19/h4-10H,3,11-12H2,1-2H3. The van der Waals surface area contributed by atoms with E-state index in [4.69, 9.17) is 14.2 Å². The van der Waals surface area contributed by atoms with Gasteiger partial charge in [-0.25, -0.2) is 0 Å². The maximum atomic E-state index is 11.9. The Bertz CT molecular complexity index is 714. The van der Waals surface area contributed by atoms with Gasteiger partial charge in [-0.1, -0.05) is 12.1 Å². The van der Waals surface area contributed by atoms with Gasteiger partial charge in [0, 0.05) is 18.2 Å². The number of nitrogens with zero attached hydrogens (tertiary/aromatic N) is 1. The van der Waals surface area contributed by atoms with Gasteiger partial charge in [-0.3, -0.25) is 4.79 Å². The molecule has 1 aliphatic heterocycles. The first kappa shape index (κ1) is 15.2. The Morgan fingerprint density at radius 2 is 2.04 bits per heavy atom. The van der Waals surface area contributed by atoms with E-state index in [2.05, 4.69) is 0 Å². The Labute approximate surface area is 135 Å². The fraction of sp³-hybridized carbons (Fsp3) is 0.278. The third kappa shape index (κ3) is 3.23. The van der Waals surface area contributed by atoms with E-state index in [9.17, 15) is 4.79 Å². The first-order valence-corrected chi connectivity index (χ1v) is 7.55. The number of carbonyl (C=O) groups is 1. The largest absolute Gasteiger partial charge is 0.497 e. The van der Waals surface area contributed by atoms with Crippen LogP contribution in [0.15, 0.2) is 42.5 Å². The fourth-order valence-corrected chi connectivity index (χ4v) is 2.60. The highest BCUT2D eigenvalue weighted by molar-refractivity contribution is 5.77. The maximum Gasteiger partial charge on any atom is 0.325 e. The summed E-state index contributed by atoms with van der Waals surface area (Å²) < 4.78 is 16.4. The Balaban J connectivity index is 1.98. The predicted molar refractivity (Wildman–Crippen MR) is 87.2 cm³/mol. The van der Waals surface area contributed by atoms with Gasteiger partial charge in [-0.2, -0.15) is 0 Å². The minimum absolute atomic E-state index is 0.180. The molecule has 1 aliphatic rings. The van der Waals surface area contributed by atoms with Crippen molar-refractivity contribution in [2.75, 3.05) is 25.2 Å². The smallest absolute Gasteiger partial charge is 0.325 e. The van der Waals surface area contributed by atoms with Crippen LogP contribution in [0.3, 0.4) is 0 Å². The van der Waals surface area contributed by atoms with E-state index in [1.54, 1.807) is 14.0 Å². The summed E-state index contributed by atoms with van der Waals surface area (Å²) in [6.45, 7) is 2.92. The lowest BCUT2D eigenvalue weighted by Crippen LogP contribution is -2.30. The van der Waals surface area contributed by atoms with Gasteiger partial charge in [0.25, 0.3) is 0 Å². The zero-order valence-electron chi connectivity index (χ0n) is 13.2. The lowest BCUT2D eigenvalue weighted by Gasteiger charge is -2.22. The van der Waals surface area contributed by atoms with Crippen molar-refractivity contribution in [3.8, 4) is 17.2 Å². The Morgan fingerprint density at radius 3 is 2.83 bits per heavy atom. The summed E-state index contributed by atoms with van der Waals surface area (Å²) in [7, 11) is 1.62. The van der Waals surface area contributed by atoms with Gasteiger partial charge in [0.1, 0.15) is 18.0 Å². The first-order valence-electron chi connectivity index (χ1n) is 7.55. The van der Waals surface area contributed by atoms with Gasteiger partial charge in [-0.05, 0) is 31.2 Å². The first-order chi connectivity index (χ1) is 11.2. The second-order valence-electron chi connectivity index (χ2n) is 5.20. The van der Waals surface area contributed by atoms with Gasteiger partial charge in [0.15, 0.2) is 5.75 Å². The van der Waals surface area contributed by atoms with E-state index in [0.29, 0.717) is 18.9 Å². The molecule has 0 fully saturated rings. The third-order valence-electron chi connectivity index (χ3n) is 3.69. The maximum absolute atomic E-state index is 11.9. The molecule has 2 aromatic rings. The van der Waals surface area contributed by atoms with Crippen molar-refractivity contribution in [1.29, 1.82) is 0 Å². The molecule has 0 bridgehead atoms. The Morgan fingerprint density at radius 1 is 1.22 bits per heavy atom. The molecule has 0 saturated carbocycles. The topological polar surface area (TPSA) is 48.0 Å². The number of ether oxygens (including phenoxy) is 3. The lowest BCUT2D eigenvalue weighted by atomic mass is 10.1. The van der Waals surface area contributed by atoms with Gasteiger partial charge in [0.2, 0.25) is 0 Å². The van der Waals surface area contributed by atoms with Crippen LogP contribution in [-0.4, -0.2) is 26.2 Å². The van der Waals surface area contributed by atoms with Crippen LogP contribution in [0.2, 0.25) is 0 Å².